The van der Waals surface area contributed by atoms with Gasteiger partial charge in [-0.25, -0.2) is 4.79 Å². The molecule has 0 unspecified atom stereocenters. The van der Waals surface area contributed by atoms with Gasteiger partial charge in [0.25, 0.3) is 0 Å². The summed E-state index contributed by atoms with van der Waals surface area (Å²) in [5.41, 5.74) is 0.781. The van der Waals surface area contributed by atoms with Crippen molar-refractivity contribution in [2.24, 2.45) is 5.92 Å². The second kappa shape index (κ2) is 6.39. The lowest BCUT2D eigenvalue weighted by atomic mass is 9.87. The first-order valence-electron chi connectivity index (χ1n) is 7.47. The molecular weight excluding hydrogens is 323 g/mol. The first-order chi connectivity index (χ1) is 10.5. The van der Waals surface area contributed by atoms with Gasteiger partial charge in [-0.05, 0) is 43.7 Å². The van der Waals surface area contributed by atoms with Crippen LogP contribution in [0.3, 0.4) is 0 Å². The third kappa shape index (κ3) is 3.50. The number of amides is 1. The summed E-state index contributed by atoms with van der Waals surface area (Å²) in [6, 6.07) is 5.40. The van der Waals surface area contributed by atoms with Crippen LogP contribution in [-0.2, 0) is 0 Å². The second-order valence-electron chi connectivity index (χ2n) is 5.98. The molecule has 1 saturated carbocycles. The Kier molecular flexibility index (Phi) is 4.50. The zero-order chi connectivity index (χ0) is 15.7. The zero-order valence-corrected chi connectivity index (χ0v) is 13.8. The molecule has 1 aromatic carbocycles. The van der Waals surface area contributed by atoms with Crippen molar-refractivity contribution in [3.8, 4) is 5.88 Å². The number of hydrogen-bond donors (Lipinski definition) is 2. The minimum absolute atomic E-state index is 0.206. The van der Waals surface area contributed by atoms with Gasteiger partial charge in [0.2, 0.25) is 5.88 Å². The van der Waals surface area contributed by atoms with Gasteiger partial charge in [0.15, 0.2) is 0 Å². The predicted molar refractivity (Wildman–Crippen MR) is 88.9 cm³/mol. The molecule has 0 atom stereocenters. The highest BCUT2D eigenvalue weighted by molar-refractivity contribution is 6.42. The van der Waals surface area contributed by atoms with E-state index in [1.54, 1.807) is 18.2 Å². The van der Waals surface area contributed by atoms with Crippen LogP contribution in [-0.4, -0.2) is 17.1 Å². The van der Waals surface area contributed by atoms with Gasteiger partial charge in [-0.15, -0.1) is 0 Å². The van der Waals surface area contributed by atoms with Crippen LogP contribution in [0.2, 0.25) is 10.0 Å². The monoisotopic (exact) mass is 340 g/mol. The van der Waals surface area contributed by atoms with E-state index in [1.165, 1.54) is 0 Å². The molecule has 6 heteroatoms. The maximum atomic E-state index is 12.0. The molecule has 2 aromatic rings. The number of hydrogen-bond acceptors (Lipinski definition) is 2. The predicted octanol–water partition coefficient (Wildman–Crippen LogP) is 5.14. The molecule has 0 radical (unpaired) electrons. The molecule has 1 amide bonds. The molecule has 1 aromatic heterocycles. The molecule has 0 bridgehead atoms. The summed E-state index contributed by atoms with van der Waals surface area (Å²) < 4.78 is 5.32. The van der Waals surface area contributed by atoms with Crippen LogP contribution >= 0.6 is 23.2 Å². The standard InChI is InChI=1S/C16H18Cl2N2O2/c1-9-2-4-11(5-3-9)19-16(21)22-15-7-10-6-12(17)13(18)8-14(10)20-15/h6-9,11,20H,2-5H2,1H3,(H,19,21). The number of fused-ring (bicyclic) bond motifs is 1. The van der Waals surface area contributed by atoms with Crippen molar-refractivity contribution in [3.05, 3.63) is 28.2 Å². The van der Waals surface area contributed by atoms with Crippen molar-refractivity contribution in [1.29, 1.82) is 0 Å². The largest absolute Gasteiger partial charge is 0.414 e. The number of ether oxygens (including phenoxy) is 1. The first kappa shape index (κ1) is 15.5. The van der Waals surface area contributed by atoms with Gasteiger partial charge >= 0.3 is 6.09 Å². The molecule has 1 heterocycles. The van der Waals surface area contributed by atoms with E-state index in [4.69, 9.17) is 27.9 Å². The Morgan fingerprint density at radius 2 is 1.86 bits per heavy atom. The Labute approximate surface area is 139 Å². The molecule has 0 aliphatic heterocycles. The Hall–Kier alpha value is -1.39. The number of rotatable bonds is 2. The smallest absolute Gasteiger partial charge is 0.393 e. The van der Waals surface area contributed by atoms with Crippen LogP contribution in [0.5, 0.6) is 5.88 Å². The van der Waals surface area contributed by atoms with Crippen molar-refractivity contribution in [3.63, 3.8) is 0 Å². The average Bonchev–Trinajstić information content (AvgIpc) is 2.83. The lowest BCUT2D eigenvalue weighted by molar-refractivity contribution is 0.187. The summed E-state index contributed by atoms with van der Waals surface area (Å²) in [6.07, 6.45) is 3.88. The number of aromatic amines is 1. The number of nitrogens with one attached hydrogen (secondary N) is 2. The molecule has 0 spiro atoms. The summed E-state index contributed by atoms with van der Waals surface area (Å²) in [7, 11) is 0. The van der Waals surface area contributed by atoms with E-state index in [1.807, 2.05) is 0 Å². The van der Waals surface area contributed by atoms with Gasteiger partial charge in [0.1, 0.15) is 0 Å². The van der Waals surface area contributed by atoms with Crippen LogP contribution in [0.1, 0.15) is 32.6 Å². The highest BCUT2D eigenvalue weighted by Crippen LogP contribution is 2.30. The highest BCUT2D eigenvalue weighted by Gasteiger charge is 2.20. The maximum absolute atomic E-state index is 12.0. The van der Waals surface area contributed by atoms with Gasteiger partial charge in [0.05, 0.1) is 10.0 Å². The summed E-state index contributed by atoms with van der Waals surface area (Å²) >= 11 is 11.9. The molecule has 0 saturated heterocycles. The molecule has 4 nitrogen and oxygen atoms in total. The molecule has 1 fully saturated rings. The quantitative estimate of drug-likeness (QED) is 0.794. The molecule has 22 heavy (non-hydrogen) atoms. The first-order valence-corrected chi connectivity index (χ1v) is 8.23. The van der Waals surface area contributed by atoms with Crippen molar-refractivity contribution < 1.29 is 9.53 Å². The Morgan fingerprint density at radius 3 is 2.59 bits per heavy atom. The molecule has 1 aliphatic carbocycles. The minimum atomic E-state index is -0.427. The number of carbonyl (C=O) groups excluding carboxylic acids is 1. The number of H-pyrrole nitrogens is 1. The van der Waals surface area contributed by atoms with E-state index in [-0.39, 0.29) is 6.04 Å². The van der Waals surface area contributed by atoms with E-state index in [2.05, 4.69) is 17.2 Å². The zero-order valence-electron chi connectivity index (χ0n) is 12.3. The average molecular weight is 341 g/mol. The van der Waals surface area contributed by atoms with Crippen LogP contribution in [0.4, 0.5) is 4.79 Å². The Bertz CT molecular complexity index is 652. The van der Waals surface area contributed by atoms with Crippen LogP contribution in [0.15, 0.2) is 18.2 Å². The highest BCUT2D eigenvalue weighted by atomic mass is 35.5. The number of benzene rings is 1. The lowest BCUT2D eigenvalue weighted by Gasteiger charge is -2.26. The molecule has 1 aliphatic rings. The second-order valence-corrected chi connectivity index (χ2v) is 6.79. The number of halogens is 2. The third-order valence-electron chi connectivity index (χ3n) is 4.18. The van der Waals surface area contributed by atoms with Gasteiger partial charge in [-0.3, -0.25) is 0 Å². The van der Waals surface area contributed by atoms with Gasteiger partial charge in [-0.1, -0.05) is 30.1 Å². The molecular formula is C16H18Cl2N2O2. The minimum Gasteiger partial charge on any atom is -0.393 e. The summed E-state index contributed by atoms with van der Waals surface area (Å²) in [6.45, 7) is 2.25. The molecule has 2 N–H and O–H groups in total. The topological polar surface area (TPSA) is 54.1 Å². The van der Waals surface area contributed by atoms with E-state index in [9.17, 15) is 4.79 Å². The van der Waals surface area contributed by atoms with Crippen LogP contribution < -0.4 is 10.1 Å². The SMILES string of the molecule is CC1CCC(NC(=O)Oc2cc3cc(Cl)c(Cl)cc3[nH]2)CC1. The normalized spacial score (nSPS) is 21.8. The summed E-state index contributed by atoms with van der Waals surface area (Å²) in [4.78, 5) is 15.0. The summed E-state index contributed by atoms with van der Waals surface area (Å²) in [5.74, 6) is 1.13. The van der Waals surface area contributed by atoms with Gasteiger partial charge < -0.3 is 15.0 Å². The fourth-order valence-electron chi connectivity index (χ4n) is 2.86. The third-order valence-corrected chi connectivity index (χ3v) is 4.90. The Morgan fingerprint density at radius 1 is 1.18 bits per heavy atom. The fourth-order valence-corrected chi connectivity index (χ4v) is 3.19. The van der Waals surface area contributed by atoms with E-state index in [0.29, 0.717) is 15.9 Å². The Balaban J connectivity index is 1.64. The molecule has 118 valence electrons. The van der Waals surface area contributed by atoms with Crippen molar-refractivity contribution in [1.82, 2.24) is 10.3 Å². The van der Waals surface area contributed by atoms with E-state index < -0.39 is 6.09 Å². The van der Waals surface area contributed by atoms with Gasteiger partial charge in [0, 0.05) is 23.0 Å². The van der Waals surface area contributed by atoms with Crippen LogP contribution in [0, 0.1) is 5.92 Å². The van der Waals surface area contributed by atoms with E-state index >= 15 is 0 Å². The summed E-state index contributed by atoms with van der Waals surface area (Å²) in [5, 5.41) is 4.71. The van der Waals surface area contributed by atoms with Gasteiger partial charge in [-0.2, -0.15) is 0 Å². The number of aromatic nitrogens is 1. The molecule has 3 rings (SSSR count). The van der Waals surface area contributed by atoms with Crippen LogP contribution in [0.25, 0.3) is 10.9 Å². The van der Waals surface area contributed by atoms with Crippen molar-refractivity contribution in [2.75, 3.05) is 0 Å². The van der Waals surface area contributed by atoms with E-state index in [0.717, 1.165) is 42.5 Å². The van der Waals surface area contributed by atoms with Crippen molar-refractivity contribution >= 4 is 40.2 Å². The lowest BCUT2D eigenvalue weighted by Crippen LogP contribution is -2.39. The number of carbonyl (C=O) groups is 1. The maximum Gasteiger partial charge on any atom is 0.414 e. The van der Waals surface area contributed by atoms with Crippen molar-refractivity contribution in [2.45, 2.75) is 38.6 Å². The fraction of sp³-hybridized carbons (Fsp3) is 0.438.